The Morgan fingerprint density at radius 2 is 1.96 bits per heavy atom. The van der Waals surface area contributed by atoms with E-state index in [1.54, 1.807) is 25.3 Å². The third-order valence-electron chi connectivity index (χ3n) is 4.22. The molecule has 2 aromatic carbocycles. The van der Waals surface area contributed by atoms with Crippen LogP contribution in [0.1, 0.15) is 12.0 Å². The zero-order valence-corrected chi connectivity index (χ0v) is 16.1. The topological polar surface area (TPSA) is 67.9 Å². The lowest BCUT2D eigenvalue weighted by atomic mass is 10.0. The third kappa shape index (κ3) is 3.83. The number of hydrogen-bond donors (Lipinski definition) is 1. The van der Waals surface area contributed by atoms with Crippen LogP contribution in [-0.4, -0.2) is 32.6 Å². The Morgan fingerprint density at radius 1 is 1.15 bits per heavy atom. The Morgan fingerprint density at radius 3 is 2.69 bits per heavy atom. The van der Waals surface area contributed by atoms with Gasteiger partial charge in [-0.05, 0) is 42.3 Å². The number of nitrogens with one attached hydrogen (secondary N) is 1. The number of ether oxygens (including phenoxy) is 2. The van der Waals surface area contributed by atoms with Gasteiger partial charge in [0.25, 0.3) is 0 Å². The minimum atomic E-state index is -0.305. The molecule has 2 aromatic rings. The standard InChI is InChI=1S/C19H19BrN2O4/c1-25-14-5-7-17(26-2)15(10-14)21-18(23)11-22-16-6-4-13(20)9-12(16)3-8-19(22)24/h4-7,9-10H,3,8,11H2,1-2H3,(H,21,23). The number of carbonyl (C=O) groups excluding carboxylic acids is 2. The van der Waals surface area contributed by atoms with Crippen LogP contribution in [0.5, 0.6) is 11.5 Å². The fourth-order valence-corrected chi connectivity index (χ4v) is 3.36. The first-order valence-electron chi connectivity index (χ1n) is 8.12. The van der Waals surface area contributed by atoms with Gasteiger partial charge in [-0.2, -0.15) is 0 Å². The van der Waals surface area contributed by atoms with Crippen LogP contribution in [0.15, 0.2) is 40.9 Å². The average molecular weight is 419 g/mol. The van der Waals surface area contributed by atoms with Crippen molar-refractivity contribution >= 4 is 39.1 Å². The lowest BCUT2D eigenvalue weighted by Crippen LogP contribution is -2.40. The van der Waals surface area contributed by atoms with E-state index in [0.717, 1.165) is 15.7 Å². The second-order valence-electron chi connectivity index (χ2n) is 5.87. The highest BCUT2D eigenvalue weighted by Crippen LogP contribution is 2.31. The molecule has 0 aliphatic carbocycles. The summed E-state index contributed by atoms with van der Waals surface area (Å²) in [5, 5.41) is 2.80. The van der Waals surface area contributed by atoms with E-state index in [1.165, 1.54) is 12.0 Å². The van der Waals surface area contributed by atoms with Gasteiger partial charge >= 0.3 is 0 Å². The second kappa shape index (κ2) is 7.78. The molecule has 1 heterocycles. The smallest absolute Gasteiger partial charge is 0.244 e. The summed E-state index contributed by atoms with van der Waals surface area (Å²) >= 11 is 3.44. The van der Waals surface area contributed by atoms with Crippen LogP contribution in [-0.2, 0) is 16.0 Å². The molecule has 2 amide bonds. The number of hydrogen-bond acceptors (Lipinski definition) is 4. The summed E-state index contributed by atoms with van der Waals surface area (Å²) < 4.78 is 11.4. The summed E-state index contributed by atoms with van der Waals surface area (Å²) in [6.07, 6.45) is 1.06. The molecule has 0 unspecified atom stereocenters. The number of methoxy groups -OCH3 is 2. The Labute approximate surface area is 160 Å². The predicted molar refractivity (Wildman–Crippen MR) is 103 cm³/mol. The molecule has 1 N–H and O–H groups in total. The number of carbonyl (C=O) groups is 2. The average Bonchev–Trinajstić information content (AvgIpc) is 2.64. The Balaban J connectivity index is 1.80. The van der Waals surface area contributed by atoms with Gasteiger partial charge < -0.3 is 19.7 Å². The summed E-state index contributed by atoms with van der Waals surface area (Å²) in [6.45, 7) is -0.0617. The monoisotopic (exact) mass is 418 g/mol. The molecule has 0 radical (unpaired) electrons. The predicted octanol–water partition coefficient (Wildman–Crippen LogP) is 3.38. The molecule has 6 nitrogen and oxygen atoms in total. The van der Waals surface area contributed by atoms with Crippen molar-refractivity contribution in [3.05, 3.63) is 46.4 Å². The lowest BCUT2D eigenvalue weighted by Gasteiger charge is -2.29. The molecule has 26 heavy (non-hydrogen) atoms. The highest BCUT2D eigenvalue weighted by molar-refractivity contribution is 9.10. The maximum Gasteiger partial charge on any atom is 0.244 e. The second-order valence-corrected chi connectivity index (χ2v) is 6.78. The van der Waals surface area contributed by atoms with Gasteiger partial charge in [0.2, 0.25) is 11.8 Å². The number of amides is 2. The van der Waals surface area contributed by atoms with Gasteiger partial charge in [-0.1, -0.05) is 15.9 Å². The SMILES string of the molecule is COc1ccc(OC)c(NC(=O)CN2C(=O)CCc3cc(Br)ccc32)c1. The summed E-state index contributed by atoms with van der Waals surface area (Å²) in [4.78, 5) is 26.4. The Hall–Kier alpha value is -2.54. The summed E-state index contributed by atoms with van der Waals surface area (Å²) in [5.74, 6) is 0.757. The fraction of sp³-hybridized carbons (Fsp3) is 0.263. The van der Waals surface area contributed by atoms with E-state index in [1.807, 2.05) is 18.2 Å². The minimum Gasteiger partial charge on any atom is -0.497 e. The van der Waals surface area contributed by atoms with Gasteiger partial charge in [0.1, 0.15) is 18.0 Å². The van der Waals surface area contributed by atoms with Crippen LogP contribution in [0, 0.1) is 0 Å². The van der Waals surface area contributed by atoms with Crippen LogP contribution in [0.4, 0.5) is 11.4 Å². The number of halogens is 1. The molecule has 0 aromatic heterocycles. The number of nitrogens with zero attached hydrogens (tertiary/aromatic N) is 1. The van der Waals surface area contributed by atoms with Crippen LogP contribution in [0.3, 0.4) is 0 Å². The van der Waals surface area contributed by atoms with Gasteiger partial charge in [-0.15, -0.1) is 0 Å². The molecular formula is C19H19BrN2O4. The van der Waals surface area contributed by atoms with Crippen molar-refractivity contribution < 1.29 is 19.1 Å². The summed E-state index contributed by atoms with van der Waals surface area (Å²) in [6, 6.07) is 10.9. The van der Waals surface area contributed by atoms with Crippen LogP contribution in [0.2, 0.25) is 0 Å². The molecule has 136 valence electrons. The van der Waals surface area contributed by atoms with Crippen molar-refractivity contribution in [3.8, 4) is 11.5 Å². The van der Waals surface area contributed by atoms with E-state index in [4.69, 9.17) is 9.47 Å². The van der Waals surface area contributed by atoms with E-state index in [-0.39, 0.29) is 18.4 Å². The molecule has 0 saturated heterocycles. The minimum absolute atomic E-state index is 0.0617. The molecule has 0 atom stereocenters. The van der Waals surface area contributed by atoms with E-state index < -0.39 is 0 Å². The summed E-state index contributed by atoms with van der Waals surface area (Å²) in [5.41, 5.74) is 2.32. The molecule has 0 bridgehead atoms. The Kier molecular flexibility index (Phi) is 5.46. The number of aryl methyl sites for hydroxylation is 1. The lowest BCUT2D eigenvalue weighted by molar-refractivity contribution is -0.121. The molecule has 3 rings (SSSR count). The van der Waals surface area contributed by atoms with Crippen molar-refractivity contribution in [2.75, 3.05) is 31.0 Å². The zero-order valence-electron chi connectivity index (χ0n) is 14.5. The van der Waals surface area contributed by atoms with Gasteiger partial charge in [0.15, 0.2) is 0 Å². The molecule has 0 fully saturated rings. The van der Waals surface area contributed by atoms with E-state index in [0.29, 0.717) is 30.0 Å². The molecule has 7 heteroatoms. The highest BCUT2D eigenvalue weighted by atomic mass is 79.9. The van der Waals surface area contributed by atoms with Crippen LogP contribution >= 0.6 is 15.9 Å². The van der Waals surface area contributed by atoms with Crippen molar-refractivity contribution in [2.24, 2.45) is 0 Å². The quantitative estimate of drug-likeness (QED) is 0.807. The summed E-state index contributed by atoms with van der Waals surface area (Å²) in [7, 11) is 3.08. The van der Waals surface area contributed by atoms with Gasteiger partial charge in [0.05, 0.1) is 19.9 Å². The van der Waals surface area contributed by atoms with Gasteiger partial charge in [-0.25, -0.2) is 0 Å². The fourth-order valence-electron chi connectivity index (χ4n) is 2.95. The van der Waals surface area contributed by atoms with Crippen molar-refractivity contribution in [3.63, 3.8) is 0 Å². The van der Waals surface area contributed by atoms with E-state index in [9.17, 15) is 9.59 Å². The maximum atomic E-state index is 12.6. The first-order valence-corrected chi connectivity index (χ1v) is 8.92. The van der Waals surface area contributed by atoms with Crippen molar-refractivity contribution in [1.29, 1.82) is 0 Å². The molecule has 1 aliphatic rings. The third-order valence-corrected chi connectivity index (χ3v) is 4.72. The largest absolute Gasteiger partial charge is 0.497 e. The van der Waals surface area contributed by atoms with Crippen LogP contribution < -0.4 is 19.7 Å². The molecule has 1 aliphatic heterocycles. The van der Waals surface area contributed by atoms with E-state index in [2.05, 4.69) is 21.2 Å². The number of fused-ring (bicyclic) bond motifs is 1. The van der Waals surface area contributed by atoms with Crippen LogP contribution in [0.25, 0.3) is 0 Å². The van der Waals surface area contributed by atoms with Crippen molar-refractivity contribution in [1.82, 2.24) is 0 Å². The number of rotatable bonds is 5. The van der Waals surface area contributed by atoms with Gasteiger partial charge in [-0.3, -0.25) is 9.59 Å². The van der Waals surface area contributed by atoms with Gasteiger partial charge in [0, 0.05) is 22.6 Å². The van der Waals surface area contributed by atoms with E-state index >= 15 is 0 Å². The van der Waals surface area contributed by atoms with Crippen molar-refractivity contribution in [2.45, 2.75) is 12.8 Å². The molecule has 0 spiro atoms. The normalized spacial score (nSPS) is 13.2. The maximum absolute atomic E-state index is 12.6. The zero-order chi connectivity index (χ0) is 18.7. The molecule has 0 saturated carbocycles. The highest BCUT2D eigenvalue weighted by Gasteiger charge is 2.26. The Bertz CT molecular complexity index is 853. The number of anilines is 2. The first-order chi connectivity index (χ1) is 12.5. The number of benzene rings is 2. The molecular weight excluding hydrogens is 400 g/mol. The first kappa shape index (κ1) is 18.3.